The fourth-order valence-corrected chi connectivity index (χ4v) is 1.44. The van der Waals surface area contributed by atoms with Gasteiger partial charge in [0.2, 0.25) is 0 Å². The van der Waals surface area contributed by atoms with Gasteiger partial charge in [0.05, 0.1) is 24.5 Å². The highest BCUT2D eigenvalue weighted by molar-refractivity contribution is 5.90. The Labute approximate surface area is 107 Å². The molecule has 0 fully saturated rings. The van der Waals surface area contributed by atoms with E-state index in [1.165, 1.54) is 7.11 Å². The van der Waals surface area contributed by atoms with Gasteiger partial charge in [-0.2, -0.15) is 0 Å². The van der Waals surface area contributed by atoms with Crippen molar-refractivity contribution in [2.24, 2.45) is 0 Å². The molecule has 1 unspecified atom stereocenters. The lowest BCUT2D eigenvalue weighted by atomic mass is 10.2. The number of esters is 1. The van der Waals surface area contributed by atoms with Crippen LogP contribution in [-0.2, 0) is 9.47 Å². The van der Waals surface area contributed by atoms with Crippen molar-refractivity contribution in [3.05, 3.63) is 23.8 Å². The maximum Gasteiger partial charge on any atom is 0.337 e. The summed E-state index contributed by atoms with van der Waals surface area (Å²) in [5.74, 6) is 0.0749. The van der Waals surface area contributed by atoms with E-state index in [1.54, 1.807) is 25.3 Å². The Kier molecular flexibility index (Phi) is 5.45. The van der Waals surface area contributed by atoms with Crippen molar-refractivity contribution in [3.63, 3.8) is 0 Å². The largest absolute Gasteiger partial charge is 0.488 e. The van der Waals surface area contributed by atoms with E-state index in [9.17, 15) is 4.79 Å². The van der Waals surface area contributed by atoms with Gasteiger partial charge in [0, 0.05) is 20.1 Å². The topological polar surface area (TPSA) is 70.8 Å². The van der Waals surface area contributed by atoms with Crippen molar-refractivity contribution >= 4 is 11.7 Å². The van der Waals surface area contributed by atoms with Gasteiger partial charge < -0.3 is 19.9 Å². The third kappa shape index (κ3) is 3.92. The Morgan fingerprint density at radius 3 is 2.72 bits per heavy atom. The molecule has 5 heteroatoms. The molecule has 18 heavy (non-hydrogen) atoms. The van der Waals surface area contributed by atoms with Crippen LogP contribution in [0.25, 0.3) is 0 Å². The molecule has 1 atom stereocenters. The van der Waals surface area contributed by atoms with Crippen LogP contribution in [0.4, 0.5) is 5.69 Å². The molecule has 0 aliphatic rings. The van der Waals surface area contributed by atoms with Crippen LogP contribution in [0.2, 0.25) is 0 Å². The Bertz CT molecular complexity index is 406. The molecule has 0 spiro atoms. The smallest absolute Gasteiger partial charge is 0.337 e. The number of hydrogen-bond donors (Lipinski definition) is 1. The number of carbonyl (C=O) groups is 1. The lowest BCUT2D eigenvalue weighted by molar-refractivity contribution is 0.0599. The Morgan fingerprint density at radius 1 is 1.39 bits per heavy atom. The van der Waals surface area contributed by atoms with Crippen LogP contribution < -0.4 is 10.5 Å². The van der Waals surface area contributed by atoms with E-state index in [-0.39, 0.29) is 6.10 Å². The van der Waals surface area contributed by atoms with E-state index in [2.05, 4.69) is 4.74 Å². The molecule has 0 radical (unpaired) electrons. The summed E-state index contributed by atoms with van der Waals surface area (Å²) in [7, 11) is 2.97. The molecule has 0 bridgehead atoms. The third-order valence-electron chi connectivity index (χ3n) is 2.49. The van der Waals surface area contributed by atoms with Crippen LogP contribution in [0.5, 0.6) is 5.75 Å². The van der Waals surface area contributed by atoms with Crippen LogP contribution in [0, 0.1) is 0 Å². The first-order valence-electron chi connectivity index (χ1n) is 5.72. The van der Waals surface area contributed by atoms with Crippen LogP contribution in [0.1, 0.15) is 23.7 Å². The van der Waals surface area contributed by atoms with E-state index < -0.39 is 5.97 Å². The number of benzene rings is 1. The Hall–Kier alpha value is -1.75. The highest BCUT2D eigenvalue weighted by atomic mass is 16.5. The van der Waals surface area contributed by atoms with E-state index in [1.807, 2.05) is 6.92 Å². The maximum atomic E-state index is 11.4. The molecule has 0 aromatic heterocycles. The zero-order valence-corrected chi connectivity index (χ0v) is 10.9. The van der Waals surface area contributed by atoms with Gasteiger partial charge in [-0.1, -0.05) is 0 Å². The summed E-state index contributed by atoms with van der Waals surface area (Å²) in [6.07, 6.45) is 0.707. The predicted molar refractivity (Wildman–Crippen MR) is 68.8 cm³/mol. The molecule has 0 saturated carbocycles. The lowest BCUT2D eigenvalue weighted by Gasteiger charge is -2.16. The van der Waals surface area contributed by atoms with Crippen molar-refractivity contribution in [2.75, 3.05) is 26.6 Å². The summed E-state index contributed by atoms with van der Waals surface area (Å²) < 4.78 is 15.3. The second kappa shape index (κ2) is 6.86. The van der Waals surface area contributed by atoms with Gasteiger partial charge in [-0.25, -0.2) is 4.79 Å². The molecule has 0 aliphatic carbocycles. The van der Waals surface area contributed by atoms with Gasteiger partial charge >= 0.3 is 5.97 Å². The molecule has 1 rings (SSSR count). The zero-order chi connectivity index (χ0) is 13.5. The summed E-state index contributed by atoms with van der Waals surface area (Å²) in [6, 6.07) is 4.82. The molecule has 1 aromatic carbocycles. The average molecular weight is 253 g/mol. The summed E-state index contributed by atoms with van der Waals surface area (Å²) in [4.78, 5) is 11.4. The van der Waals surface area contributed by atoms with Crippen LogP contribution >= 0.6 is 0 Å². The molecule has 0 amide bonds. The van der Waals surface area contributed by atoms with Gasteiger partial charge in [0.25, 0.3) is 0 Å². The van der Waals surface area contributed by atoms with Gasteiger partial charge in [-0.15, -0.1) is 0 Å². The molecular formula is C13H19NO4. The monoisotopic (exact) mass is 253 g/mol. The van der Waals surface area contributed by atoms with E-state index in [0.717, 1.165) is 6.42 Å². The Morgan fingerprint density at radius 2 is 2.11 bits per heavy atom. The van der Waals surface area contributed by atoms with Crippen LogP contribution in [0.3, 0.4) is 0 Å². The second-order valence-electron chi connectivity index (χ2n) is 3.95. The van der Waals surface area contributed by atoms with Crippen LogP contribution in [0.15, 0.2) is 18.2 Å². The molecule has 100 valence electrons. The van der Waals surface area contributed by atoms with Crippen molar-refractivity contribution in [3.8, 4) is 5.75 Å². The third-order valence-corrected chi connectivity index (χ3v) is 2.49. The minimum Gasteiger partial charge on any atom is -0.488 e. The van der Waals surface area contributed by atoms with E-state index >= 15 is 0 Å². The number of methoxy groups -OCH3 is 2. The first-order valence-corrected chi connectivity index (χ1v) is 5.72. The molecule has 0 heterocycles. The highest BCUT2D eigenvalue weighted by Gasteiger charge is 2.11. The number of ether oxygens (including phenoxy) is 3. The number of nitrogen functional groups attached to an aromatic ring is 1. The van der Waals surface area contributed by atoms with Crippen molar-refractivity contribution in [1.29, 1.82) is 0 Å². The fourth-order valence-electron chi connectivity index (χ4n) is 1.44. The van der Waals surface area contributed by atoms with Gasteiger partial charge in [0.15, 0.2) is 0 Å². The molecular weight excluding hydrogens is 234 g/mol. The van der Waals surface area contributed by atoms with E-state index in [0.29, 0.717) is 23.6 Å². The fraction of sp³-hybridized carbons (Fsp3) is 0.462. The maximum absolute atomic E-state index is 11.4. The number of hydrogen-bond acceptors (Lipinski definition) is 5. The minimum absolute atomic E-state index is 0.0415. The normalized spacial score (nSPS) is 11.9. The zero-order valence-electron chi connectivity index (χ0n) is 10.9. The molecule has 2 N–H and O–H groups in total. The number of anilines is 1. The SMILES string of the molecule is COCCC(C)Oc1cc(C(=O)OC)ccc1N. The molecule has 0 saturated heterocycles. The van der Waals surface area contributed by atoms with Gasteiger partial charge in [-0.05, 0) is 25.1 Å². The Balaban J connectivity index is 2.77. The first-order chi connectivity index (χ1) is 8.58. The average Bonchev–Trinajstić information content (AvgIpc) is 2.38. The lowest BCUT2D eigenvalue weighted by Crippen LogP contribution is -2.15. The van der Waals surface area contributed by atoms with Gasteiger partial charge in [0.1, 0.15) is 5.75 Å². The highest BCUT2D eigenvalue weighted by Crippen LogP contribution is 2.24. The number of rotatable bonds is 6. The molecule has 1 aromatic rings. The van der Waals surface area contributed by atoms with Crippen molar-refractivity contribution < 1.29 is 19.0 Å². The first kappa shape index (κ1) is 14.3. The standard InChI is InChI=1S/C13H19NO4/c1-9(6-7-16-2)18-12-8-10(13(15)17-3)4-5-11(12)14/h4-5,8-9H,6-7,14H2,1-3H3. The predicted octanol–water partition coefficient (Wildman–Crippen LogP) is 1.86. The van der Waals surface area contributed by atoms with E-state index in [4.69, 9.17) is 15.2 Å². The second-order valence-corrected chi connectivity index (χ2v) is 3.95. The van der Waals surface area contributed by atoms with Crippen molar-refractivity contribution in [1.82, 2.24) is 0 Å². The van der Waals surface area contributed by atoms with Crippen molar-refractivity contribution in [2.45, 2.75) is 19.4 Å². The summed E-state index contributed by atoms with van der Waals surface area (Å²) in [5.41, 5.74) is 6.71. The summed E-state index contributed by atoms with van der Waals surface area (Å²) in [6.45, 7) is 2.53. The summed E-state index contributed by atoms with van der Waals surface area (Å²) in [5, 5.41) is 0. The van der Waals surface area contributed by atoms with Gasteiger partial charge in [-0.3, -0.25) is 0 Å². The molecule has 0 aliphatic heterocycles. The minimum atomic E-state index is -0.413. The number of carbonyl (C=O) groups excluding carboxylic acids is 1. The summed E-state index contributed by atoms with van der Waals surface area (Å²) >= 11 is 0. The number of nitrogens with two attached hydrogens (primary N) is 1. The molecule has 5 nitrogen and oxygen atoms in total. The van der Waals surface area contributed by atoms with Crippen LogP contribution in [-0.4, -0.2) is 32.9 Å². The quantitative estimate of drug-likeness (QED) is 0.619.